The van der Waals surface area contributed by atoms with Crippen molar-refractivity contribution in [3.8, 4) is 0 Å². The second-order valence-corrected chi connectivity index (χ2v) is 4.63. The smallest absolute Gasteiger partial charge is 0.253 e. The van der Waals surface area contributed by atoms with Crippen LogP contribution in [0.15, 0.2) is 60.7 Å². The lowest BCUT2D eigenvalue weighted by atomic mass is 10.0. The number of carbonyl (C=O) groups is 1. The maximum atomic E-state index is 12.3. The maximum absolute atomic E-state index is 12.3. The van der Waals surface area contributed by atoms with Crippen molar-refractivity contribution in [2.45, 2.75) is 6.23 Å². The predicted octanol–water partition coefficient (Wildman–Crippen LogP) is 2.70. The van der Waals surface area contributed by atoms with Gasteiger partial charge in [0.1, 0.15) is 0 Å². The molecule has 2 aromatic carbocycles. The molecule has 1 fully saturated rings. The molecule has 3 rings (SSSR count). The van der Waals surface area contributed by atoms with Crippen molar-refractivity contribution in [3.63, 3.8) is 0 Å². The van der Waals surface area contributed by atoms with Crippen molar-refractivity contribution >= 4 is 17.6 Å². The number of epoxide rings is 1. The standard InChI is InChI=1S/C17H15NO2/c19-17(18-16-12-20-16)15(14-9-5-2-6-10-14)11-13-7-3-1-4-8-13/h1-11,16H,12H2,(H,18,19). The summed E-state index contributed by atoms with van der Waals surface area (Å²) in [6.07, 6.45) is 1.76. The number of hydrogen-bond donors (Lipinski definition) is 1. The molecule has 1 N–H and O–H groups in total. The van der Waals surface area contributed by atoms with E-state index in [0.717, 1.165) is 11.1 Å². The molecule has 0 saturated carbocycles. The van der Waals surface area contributed by atoms with Gasteiger partial charge < -0.3 is 10.1 Å². The van der Waals surface area contributed by atoms with Gasteiger partial charge in [0.05, 0.1) is 6.61 Å². The molecule has 0 bridgehead atoms. The summed E-state index contributed by atoms with van der Waals surface area (Å²) in [5.41, 5.74) is 2.54. The molecule has 1 amide bonds. The fourth-order valence-electron chi connectivity index (χ4n) is 1.97. The van der Waals surface area contributed by atoms with Crippen LogP contribution in [0.3, 0.4) is 0 Å². The van der Waals surface area contributed by atoms with Crippen LogP contribution < -0.4 is 5.32 Å². The summed E-state index contributed by atoms with van der Waals surface area (Å²) in [5.74, 6) is -0.109. The lowest BCUT2D eigenvalue weighted by Gasteiger charge is -2.08. The molecule has 0 aliphatic carbocycles. The van der Waals surface area contributed by atoms with Crippen molar-refractivity contribution in [2.75, 3.05) is 6.61 Å². The van der Waals surface area contributed by atoms with Gasteiger partial charge in [-0.3, -0.25) is 4.79 Å². The van der Waals surface area contributed by atoms with Gasteiger partial charge in [-0.15, -0.1) is 0 Å². The Hall–Kier alpha value is -2.39. The molecule has 0 aromatic heterocycles. The molecule has 1 saturated heterocycles. The monoisotopic (exact) mass is 265 g/mol. The third-order valence-corrected chi connectivity index (χ3v) is 3.07. The molecule has 0 spiro atoms. The fourth-order valence-corrected chi connectivity index (χ4v) is 1.97. The van der Waals surface area contributed by atoms with Crippen LogP contribution in [-0.4, -0.2) is 18.7 Å². The van der Waals surface area contributed by atoms with Gasteiger partial charge in [0, 0.05) is 5.57 Å². The second-order valence-electron chi connectivity index (χ2n) is 4.63. The Labute approximate surface area is 117 Å². The number of rotatable bonds is 4. The van der Waals surface area contributed by atoms with Gasteiger partial charge in [0.25, 0.3) is 5.91 Å². The lowest BCUT2D eigenvalue weighted by Crippen LogP contribution is -2.27. The number of carbonyl (C=O) groups excluding carboxylic acids is 1. The molecule has 1 atom stereocenters. The minimum absolute atomic E-state index is 0.109. The molecular weight excluding hydrogens is 250 g/mol. The van der Waals surface area contributed by atoms with Gasteiger partial charge in [-0.2, -0.15) is 0 Å². The predicted molar refractivity (Wildman–Crippen MR) is 78.6 cm³/mol. The summed E-state index contributed by atoms with van der Waals surface area (Å²) in [6.45, 7) is 0.596. The van der Waals surface area contributed by atoms with Gasteiger partial charge in [0.2, 0.25) is 0 Å². The molecule has 3 heteroatoms. The van der Waals surface area contributed by atoms with Crippen LogP contribution >= 0.6 is 0 Å². The van der Waals surface area contributed by atoms with E-state index in [2.05, 4.69) is 5.32 Å². The Kier molecular flexibility index (Phi) is 3.61. The van der Waals surface area contributed by atoms with E-state index >= 15 is 0 Å². The highest BCUT2D eigenvalue weighted by Crippen LogP contribution is 2.19. The Bertz CT molecular complexity index is 616. The van der Waals surface area contributed by atoms with Crippen molar-refractivity contribution in [2.24, 2.45) is 0 Å². The average molecular weight is 265 g/mol. The molecule has 20 heavy (non-hydrogen) atoms. The molecule has 100 valence electrons. The first kappa shape index (κ1) is 12.6. The molecule has 2 aromatic rings. The lowest BCUT2D eigenvalue weighted by molar-refractivity contribution is -0.116. The highest BCUT2D eigenvalue weighted by molar-refractivity contribution is 6.24. The molecule has 1 heterocycles. The van der Waals surface area contributed by atoms with Crippen molar-refractivity contribution in [3.05, 3.63) is 71.8 Å². The van der Waals surface area contributed by atoms with Crippen molar-refractivity contribution < 1.29 is 9.53 Å². The van der Waals surface area contributed by atoms with Crippen LogP contribution in [0.5, 0.6) is 0 Å². The zero-order valence-electron chi connectivity index (χ0n) is 11.0. The average Bonchev–Trinajstić information content (AvgIpc) is 3.30. The summed E-state index contributed by atoms with van der Waals surface area (Å²) in [7, 11) is 0. The van der Waals surface area contributed by atoms with Gasteiger partial charge >= 0.3 is 0 Å². The van der Waals surface area contributed by atoms with Crippen LogP contribution in [0, 0.1) is 0 Å². The minimum Gasteiger partial charge on any atom is -0.351 e. The Morgan fingerprint density at radius 2 is 1.65 bits per heavy atom. The van der Waals surface area contributed by atoms with Crippen LogP contribution in [0.1, 0.15) is 11.1 Å². The van der Waals surface area contributed by atoms with E-state index in [-0.39, 0.29) is 12.1 Å². The van der Waals surface area contributed by atoms with Gasteiger partial charge in [-0.1, -0.05) is 60.7 Å². The van der Waals surface area contributed by atoms with E-state index in [1.165, 1.54) is 0 Å². The molecule has 3 nitrogen and oxygen atoms in total. The summed E-state index contributed by atoms with van der Waals surface area (Å²) in [6, 6.07) is 19.5. The third kappa shape index (κ3) is 3.13. The first-order valence-corrected chi connectivity index (χ1v) is 6.57. The van der Waals surface area contributed by atoms with E-state index < -0.39 is 0 Å². The van der Waals surface area contributed by atoms with E-state index in [9.17, 15) is 4.79 Å². The molecule has 0 radical (unpaired) electrons. The van der Waals surface area contributed by atoms with Gasteiger partial charge in [-0.05, 0) is 17.2 Å². The fraction of sp³-hybridized carbons (Fsp3) is 0.118. The highest BCUT2D eigenvalue weighted by atomic mass is 16.6. The number of hydrogen-bond acceptors (Lipinski definition) is 2. The Morgan fingerprint density at radius 3 is 2.25 bits per heavy atom. The second kappa shape index (κ2) is 5.72. The molecule has 1 unspecified atom stereocenters. The topological polar surface area (TPSA) is 41.6 Å². The zero-order chi connectivity index (χ0) is 13.8. The van der Waals surface area contributed by atoms with Crippen LogP contribution in [-0.2, 0) is 9.53 Å². The van der Waals surface area contributed by atoms with E-state index in [4.69, 9.17) is 4.74 Å². The highest BCUT2D eigenvalue weighted by Gasteiger charge is 2.26. The minimum atomic E-state index is -0.134. The summed E-state index contributed by atoms with van der Waals surface area (Å²) < 4.78 is 5.06. The summed E-state index contributed by atoms with van der Waals surface area (Å²) in [5, 5.41) is 2.84. The van der Waals surface area contributed by atoms with Crippen molar-refractivity contribution in [1.29, 1.82) is 0 Å². The number of benzene rings is 2. The summed E-state index contributed by atoms with van der Waals surface area (Å²) in [4.78, 5) is 12.3. The maximum Gasteiger partial charge on any atom is 0.253 e. The summed E-state index contributed by atoms with van der Waals surface area (Å²) >= 11 is 0. The molecular formula is C17H15NO2. The quantitative estimate of drug-likeness (QED) is 0.524. The van der Waals surface area contributed by atoms with E-state index in [0.29, 0.717) is 12.2 Å². The number of amides is 1. The molecule has 1 aliphatic heterocycles. The first-order valence-electron chi connectivity index (χ1n) is 6.57. The van der Waals surface area contributed by atoms with Crippen LogP contribution in [0.4, 0.5) is 0 Å². The SMILES string of the molecule is O=C(NC1CO1)C(=Cc1ccccc1)c1ccccc1. The first-order chi connectivity index (χ1) is 9.83. The Morgan fingerprint density at radius 1 is 1.05 bits per heavy atom. The zero-order valence-corrected chi connectivity index (χ0v) is 11.0. The van der Waals surface area contributed by atoms with E-state index in [1.54, 1.807) is 0 Å². The van der Waals surface area contributed by atoms with Crippen LogP contribution in [0.2, 0.25) is 0 Å². The normalized spacial score (nSPS) is 17.6. The number of nitrogens with one attached hydrogen (secondary N) is 1. The third-order valence-electron chi connectivity index (χ3n) is 3.07. The van der Waals surface area contributed by atoms with E-state index in [1.807, 2.05) is 66.7 Å². The Balaban J connectivity index is 1.94. The van der Waals surface area contributed by atoms with Crippen LogP contribution in [0.25, 0.3) is 11.6 Å². The molecule has 1 aliphatic rings. The number of ether oxygens (including phenoxy) is 1. The van der Waals surface area contributed by atoms with Gasteiger partial charge in [-0.25, -0.2) is 0 Å². The van der Waals surface area contributed by atoms with Crippen molar-refractivity contribution in [1.82, 2.24) is 5.32 Å². The largest absolute Gasteiger partial charge is 0.351 e. The van der Waals surface area contributed by atoms with Gasteiger partial charge in [0.15, 0.2) is 6.23 Å².